The second-order valence-electron chi connectivity index (χ2n) is 4.77. The van der Waals surface area contributed by atoms with Gasteiger partial charge in [-0.25, -0.2) is 10.4 Å². The first-order chi connectivity index (χ1) is 9.83. The number of amides is 1. The van der Waals surface area contributed by atoms with Crippen molar-refractivity contribution in [3.8, 4) is 0 Å². The molecule has 2 aromatic rings. The van der Waals surface area contributed by atoms with Crippen molar-refractivity contribution in [3.05, 3.63) is 48.3 Å². The zero-order valence-electron chi connectivity index (χ0n) is 11.0. The first-order valence-corrected chi connectivity index (χ1v) is 6.67. The quantitative estimate of drug-likeness (QED) is 0.767. The summed E-state index contributed by atoms with van der Waals surface area (Å²) in [6.07, 6.45) is 4.34. The fourth-order valence-corrected chi connectivity index (χ4v) is 2.22. The number of anilines is 1. The first-order valence-electron chi connectivity index (χ1n) is 6.67. The van der Waals surface area contributed by atoms with E-state index in [1.54, 1.807) is 6.20 Å². The monoisotopic (exact) mass is 271 g/mol. The van der Waals surface area contributed by atoms with Crippen molar-refractivity contribution in [2.45, 2.75) is 19.0 Å². The van der Waals surface area contributed by atoms with Crippen LogP contribution >= 0.6 is 0 Å². The molecule has 6 heteroatoms. The summed E-state index contributed by atoms with van der Waals surface area (Å²) in [6, 6.07) is 9.88. The lowest BCUT2D eigenvalue weighted by Gasteiger charge is -2.12. The summed E-state index contributed by atoms with van der Waals surface area (Å²) < 4.78 is 1.93. The Balaban J connectivity index is 1.68. The molecule has 0 radical (unpaired) electrons. The van der Waals surface area contributed by atoms with E-state index in [0.717, 1.165) is 13.0 Å². The maximum atomic E-state index is 12.1. The average Bonchev–Trinajstić information content (AvgIpc) is 3.12. The average molecular weight is 271 g/mol. The van der Waals surface area contributed by atoms with Crippen molar-refractivity contribution in [1.29, 1.82) is 0 Å². The highest BCUT2D eigenvalue weighted by Gasteiger charge is 2.22. The molecule has 1 atom stereocenters. The second-order valence-corrected chi connectivity index (χ2v) is 4.77. The van der Waals surface area contributed by atoms with Gasteiger partial charge < -0.3 is 4.57 Å². The minimum Gasteiger partial charge on any atom is -0.313 e. The molecule has 20 heavy (non-hydrogen) atoms. The number of carbonyl (C=O) groups excluding carboxylic acids is 1. The van der Waals surface area contributed by atoms with Gasteiger partial charge in [-0.2, -0.15) is 0 Å². The first kappa shape index (κ1) is 12.8. The minimum absolute atomic E-state index is 0.0597. The van der Waals surface area contributed by atoms with E-state index in [4.69, 9.17) is 0 Å². The Morgan fingerprint density at radius 2 is 2.25 bits per heavy atom. The van der Waals surface area contributed by atoms with Gasteiger partial charge in [-0.05, 0) is 12.0 Å². The lowest BCUT2D eigenvalue weighted by molar-refractivity contribution is -0.117. The van der Waals surface area contributed by atoms with Gasteiger partial charge in [-0.3, -0.25) is 15.5 Å². The Morgan fingerprint density at radius 3 is 3.00 bits per heavy atom. The van der Waals surface area contributed by atoms with Crippen LogP contribution < -0.4 is 16.2 Å². The molecule has 6 nitrogen and oxygen atoms in total. The van der Waals surface area contributed by atoms with Crippen LogP contribution in [0.3, 0.4) is 0 Å². The van der Waals surface area contributed by atoms with E-state index < -0.39 is 0 Å². The van der Waals surface area contributed by atoms with Crippen LogP contribution in [0.25, 0.3) is 0 Å². The Morgan fingerprint density at radius 1 is 1.40 bits per heavy atom. The lowest BCUT2D eigenvalue weighted by Crippen LogP contribution is -2.39. The predicted octanol–water partition coefficient (Wildman–Crippen LogP) is 0.736. The molecule has 104 valence electrons. The van der Waals surface area contributed by atoms with E-state index in [-0.39, 0.29) is 11.9 Å². The second kappa shape index (κ2) is 5.85. The summed E-state index contributed by atoms with van der Waals surface area (Å²) >= 11 is 0. The van der Waals surface area contributed by atoms with E-state index in [1.165, 1.54) is 5.56 Å². The molecule has 1 aromatic carbocycles. The Hall–Kier alpha value is -2.18. The minimum atomic E-state index is -0.197. The largest absolute Gasteiger partial charge is 0.313 e. The van der Waals surface area contributed by atoms with Crippen LogP contribution in [0.1, 0.15) is 12.0 Å². The number of nitrogens with zero attached hydrogens (tertiary/aromatic N) is 2. The summed E-state index contributed by atoms with van der Waals surface area (Å²) in [5, 5.41) is 2.86. The summed E-state index contributed by atoms with van der Waals surface area (Å²) in [5.41, 5.74) is 7.06. The number of nitrogens with one attached hydrogen (secondary N) is 3. The fraction of sp³-hybridized carbons (Fsp3) is 0.286. The molecule has 1 aromatic heterocycles. The van der Waals surface area contributed by atoms with E-state index in [9.17, 15) is 4.79 Å². The van der Waals surface area contributed by atoms with Crippen molar-refractivity contribution in [1.82, 2.24) is 20.4 Å². The summed E-state index contributed by atoms with van der Waals surface area (Å²) in [7, 11) is 0. The molecule has 1 unspecified atom stereocenters. The van der Waals surface area contributed by atoms with Crippen molar-refractivity contribution in [2.75, 3.05) is 11.9 Å². The van der Waals surface area contributed by atoms with Gasteiger partial charge in [0, 0.05) is 18.9 Å². The van der Waals surface area contributed by atoms with Gasteiger partial charge in [0.2, 0.25) is 11.9 Å². The van der Waals surface area contributed by atoms with Gasteiger partial charge in [-0.1, -0.05) is 30.3 Å². The highest BCUT2D eigenvalue weighted by molar-refractivity contribution is 5.93. The molecular formula is C14H17N5O. The molecule has 1 aliphatic heterocycles. The van der Waals surface area contributed by atoms with E-state index >= 15 is 0 Å². The third kappa shape index (κ3) is 2.87. The maximum Gasteiger partial charge on any atom is 0.245 e. The van der Waals surface area contributed by atoms with E-state index in [2.05, 4.69) is 21.2 Å². The summed E-state index contributed by atoms with van der Waals surface area (Å²) in [6.45, 7) is 1.49. The molecule has 3 N–H and O–H groups in total. The number of aromatic nitrogens is 2. The number of hydrogen-bond acceptors (Lipinski definition) is 4. The van der Waals surface area contributed by atoms with Crippen LogP contribution in [-0.2, 0) is 11.3 Å². The third-order valence-electron chi connectivity index (χ3n) is 3.30. The number of imidazole rings is 1. The van der Waals surface area contributed by atoms with Crippen molar-refractivity contribution >= 4 is 11.9 Å². The molecule has 0 saturated carbocycles. The van der Waals surface area contributed by atoms with Crippen LogP contribution in [0.2, 0.25) is 0 Å². The number of hydrogen-bond donors (Lipinski definition) is 3. The maximum absolute atomic E-state index is 12.1. The zero-order valence-corrected chi connectivity index (χ0v) is 11.0. The van der Waals surface area contributed by atoms with Crippen LogP contribution in [0, 0.1) is 0 Å². The number of hydrazine groups is 1. The van der Waals surface area contributed by atoms with Crippen LogP contribution in [-0.4, -0.2) is 28.0 Å². The molecule has 1 saturated heterocycles. The number of benzene rings is 1. The molecule has 1 fully saturated rings. The zero-order chi connectivity index (χ0) is 13.8. The van der Waals surface area contributed by atoms with Gasteiger partial charge in [0.25, 0.3) is 0 Å². The third-order valence-corrected chi connectivity index (χ3v) is 3.30. The molecule has 1 aliphatic rings. The summed E-state index contributed by atoms with van der Waals surface area (Å²) in [4.78, 5) is 16.3. The smallest absolute Gasteiger partial charge is 0.245 e. The Bertz CT molecular complexity index is 574. The van der Waals surface area contributed by atoms with Gasteiger partial charge >= 0.3 is 0 Å². The number of carbonyl (C=O) groups is 1. The SMILES string of the molecule is O=C(Nc1nccn1Cc1ccccc1)C1CCNN1. The van der Waals surface area contributed by atoms with Crippen LogP contribution in [0.4, 0.5) is 5.95 Å². The molecule has 3 rings (SSSR count). The van der Waals surface area contributed by atoms with Gasteiger partial charge in [0.05, 0.1) is 6.54 Å². The number of rotatable bonds is 4. The van der Waals surface area contributed by atoms with Gasteiger partial charge in [0.15, 0.2) is 0 Å². The topological polar surface area (TPSA) is 71.0 Å². The molecular weight excluding hydrogens is 254 g/mol. The lowest BCUT2D eigenvalue weighted by atomic mass is 10.2. The normalized spacial score (nSPS) is 18.1. The standard InChI is InChI=1S/C14H17N5O/c20-13(12-6-7-16-18-12)17-14-15-8-9-19(14)10-11-4-2-1-3-5-11/h1-5,8-9,12,16,18H,6-7,10H2,(H,15,17,20). The molecule has 0 spiro atoms. The van der Waals surface area contributed by atoms with Crippen molar-refractivity contribution < 1.29 is 4.79 Å². The summed E-state index contributed by atoms with van der Waals surface area (Å²) in [5.74, 6) is 0.517. The van der Waals surface area contributed by atoms with Crippen LogP contribution in [0.5, 0.6) is 0 Å². The van der Waals surface area contributed by atoms with Crippen LogP contribution in [0.15, 0.2) is 42.7 Å². The highest BCUT2D eigenvalue weighted by Crippen LogP contribution is 2.10. The van der Waals surface area contributed by atoms with Crippen molar-refractivity contribution in [3.63, 3.8) is 0 Å². The van der Waals surface area contributed by atoms with Gasteiger partial charge in [0.1, 0.15) is 6.04 Å². The molecule has 0 aliphatic carbocycles. The molecule has 2 heterocycles. The van der Waals surface area contributed by atoms with Crippen molar-refractivity contribution in [2.24, 2.45) is 0 Å². The molecule has 1 amide bonds. The van der Waals surface area contributed by atoms with Gasteiger partial charge in [-0.15, -0.1) is 0 Å². The van der Waals surface area contributed by atoms with E-state index in [1.807, 2.05) is 41.1 Å². The Labute approximate surface area is 117 Å². The highest BCUT2D eigenvalue weighted by atomic mass is 16.2. The predicted molar refractivity (Wildman–Crippen MR) is 75.9 cm³/mol. The fourth-order valence-electron chi connectivity index (χ4n) is 2.22. The van der Waals surface area contributed by atoms with E-state index in [0.29, 0.717) is 12.5 Å². The molecule has 0 bridgehead atoms. The Kier molecular flexibility index (Phi) is 3.76.